The molecule has 0 aliphatic rings. The van der Waals surface area contributed by atoms with Crippen LogP contribution in [-0.2, 0) is 6.18 Å². The SMILES string of the molecule is O=Cc1scc(C(F)(F)F)c1Br. The van der Waals surface area contributed by atoms with Crippen LogP contribution in [0.3, 0.4) is 0 Å². The smallest absolute Gasteiger partial charge is 0.297 e. The van der Waals surface area contributed by atoms with E-state index in [1.165, 1.54) is 0 Å². The van der Waals surface area contributed by atoms with Crippen molar-refractivity contribution in [2.45, 2.75) is 6.18 Å². The summed E-state index contributed by atoms with van der Waals surface area (Å²) in [5, 5.41) is 0.911. The van der Waals surface area contributed by atoms with Gasteiger partial charge in [-0.05, 0) is 15.9 Å². The van der Waals surface area contributed by atoms with E-state index in [4.69, 9.17) is 0 Å². The molecule has 0 amide bonds. The predicted octanol–water partition coefficient (Wildman–Crippen LogP) is 3.34. The first-order valence-corrected chi connectivity index (χ1v) is 4.43. The van der Waals surface area contributed by atoms with Crippen LogP contribution in [0, 0.1) is 0 Å². The van der Waals surface area contributed by atoms with Crippen molar-refractivity contribution in [3.05, 3.63) is 20.3 Å². The number of carbonyl (C=O) groups is 1. The molecule has 1 aromatic rings. The summed E-state index contributed by atoms with van der Waals surface area (Å²) < 4.78 is 36.0. The van der Waals surface area contributed by atoms with Crippen molar-refractivity contribution in [3.63, 3.8) is 0 Å². The standard InChI is InChI=1S/C6H2BrF3OS/c7-5-3(6(8,9)10)2-12-4(5)1-11/h1-2H. The fourth-order valence-corrected chi connectivity index (χ4v) is 2.26. The summed E-state index contributed by atoms with van der Waals surface area (Å²) in [7, 11) is 0. The first-order valence-electron chi connectivity index (χ1n) is 2.76. The number of halogens is 4. The van der Waals surface area contributed by atoms with Gasteiger partial charge in [0.15, 0.2) is 6.29 Å². The topological polar surface area (TPSA) is 17.1 Å². The second kappa shape index (κ2) is 3.18. The molecule has 0 aliphatic heterocycles. The summed E-state index contributed by atoms with van der Waals surface area (Å²) in [6, 6.07) is 0. The van der Waals surface area contributed by atoms with E-state index in [0.717, 1.165) is 16.7 Å². The van der Waals surface area contributed by atoms with Gasteiger partial charge < -0.3 is 0 Å². The number of aldehydes is 1. The second-order valence-corrected chi connectivity index (χ2v) is 3.65. The molecular formula is C6H2BrF3OS. The monoisotopic (exact) mass is 258 g/mol. The average molecular weight is 259 g/mol. The van der Waals surface area contributed by atoms with Crippen molar-refractivity contribution in [3.8, 4) is 0 Å². The van der Waals surface area contributed by atoms with Gasteiger partial charge >= 0.3 is 6.18 Å². The molecule has 6 heteroatoms. The summed E-state index contributed by atoms with van der Waals surface area (Å²) in [5.41, 5.74) is -0.797. The molecule has 1 nitrogen and oxygen atoms in total. The lowest BCUT2D eigenvalue weighted by atomic mass is 10.3. The lowest BCUT2D eigenvalue weighted by Crippen LogP contribution is -2.03. The molecule has 0 unspecified atom stereocenters. The Bertz CT molecular complexity index is 304. The maximum Gasteiger partial charge on any atom is 0.418 e. The maximum absolute atomic E-state index is 12.1. The Morgan fingerprint density at radius 2 is 2.08 bits per heavy atom. The zero-order chi connectivity index (χ0) is 9.35. The fraction of sp³-hybridized carbons (Fsp3) is 0.167. The van der Waals surface area contributed by atoms with E-state index in [2.05, 4.69) is 15.9 Å². The molecule has 1 aromatic heterocycles. The zero-order valence-corrected chi connectivity index (χ0v) is 7.89. The van der Waals surface area contributed by atoms with Gasteiger partial charge in [-0.25, -0.2) is 0 Å². The first-order chi connectivity index (χ1) is 5.46. The van der Waals surface area contributed by atoms with Crippen LogP contribution in [0.5, 0.6) is 0 Å². The summed E-state index contributed by atoms with van der Waals surface area (Å²) >= 11 is 3.47. The van der Waals surface area contributed by atoms with Gasteiger partial charge in [-0.3, -0.25) is 4.79 Å². The van der Waals surface area contributed by atoms with Crippen molar-refractivity contribution in [1.29, 1.82) is 0 Å². The van der Waals surface area contributed by atoms with Gasteiger partial charge in [-0.2, -0.15) is 13.2 Å². The van der Waals surface area contributed by atoms with Crippen molar-refractivity contribution < 1.29 is 18.0 Å². The third-order valence-corrected chi connectivity index (χ3v) is 3.19. The molecule has 0 bridgehead atoms. The highest BCUT2D eigenvalue weighted by Crippen LogP contribution is 2.39. The second-order valence-electron chi connectivity index (χ2n) is 1.94. The van der Waals surface area contributed by atoms with Crippen molar-refractivity contribution >= 4 is 33.6 Å². The highest BCUT2D eigenvalue weighted by atomic mass is 79.9. The van der Waals surface area contributed by atoms with Crippen molar-refractivity contribution in [1.82, 2.24) is 0 Å². The van der Waals surface area contributed by atoms with Gasteiger partial charge in [0, 0.05) is 5.38 Å². The highest BCUT2D eigenvalue weighted by molar-refractivity contribution is 9.10. The third kappa shape index (κ3) is 1.69. The molecule has 12 heavy (non-hydrogen) atoms. The number of hydrogen-bond acceptors (Lipinski definition) is 2. The molecule has 1 rings (SSSR count). The Kier molecular flexibility index (Phi) is 2.58. The normalized spacial score (nSPS) is 11.7. The first kappa shape index (κ1) is 9.73. The Morgan fingerprint density at radius 3 is 2.33 bits per heavy atom. The summed E-state index contributed by atoms with van der Waals surface area (Å²) in [6.45, 7) is 0. The van der Waals surface area contributed by atoms with Gasteiger partial charge in [-0.1, -0.05) is 0 Å². The molecule has 0 atom stereocenters. The number of carbonyl (C=O) groups excluding carboxylic acids is 1. The van der Waals surface area contributed by atoms with Crippen molar-refractivity contribution in [2.24, 2.45) is 0 Å². The van der Waals surface area contributed by atoms with Crippen LogP contribution in [0.15, 0.2) is 9.85 Å². The van der Waals surface area contributed by atoms with Gasteiger partial charge in [0.25, 0.3) is 0 Å². The van der Waals surface area contributed by atoms with Gasteiger partial charge in [0.1, 0.15) is 0 Å². The Morgan fingerprint density at radius 1 is 1.50 bits per heavy atom. The molecule has 0 aromatic carbocycles. The summed E-state index contributed by atoms with van der Waals surface area (Å²) in [5.74, 6) is 0. The third-order valence-electron chi connectivity index (χ3n) is 1.17. The largest absolute Gasteiger partial charge is 0.418 e. The fourth-order valence-electron chi connectivity index (χ4n) is 0.629. The van der Waals surface area contributed by atoms with Gasteiger partial charge in [-0.15, -0.1) is 11.3 Å². The average Bonchev–Trinajstić information content (AvgIpc) is 2.29. The molecule has 0 saturated heterocycles. The lowest BCUT2D eigenvalue weighted by molar-refractivity contribution is -0.137. The van der Waals surface area contributed by atoms with Crippen LogP contribution in [-0.4, -0.2) is 6.29 Å². The van der Waals surface area contributed by atoms with Crippen molar-refractivity contribution in [2.75, 3.05) is 0 Å². The Hall–Kier alpha value is -0.360. The van der Waals surface area contributed by atoms with Crippen LogP contribution in [0.2, 0.25) is 0 Å². The number of thiophene rings is 1. The molecule has 0 aliphatic carbocycles. The minimum Gasteiger partial charge on any atom is -0.297 e. The van der Waals surface area contributed by atoms with Crippen LogP contribution in [0.4, 0.5) is 13.2 Å². The molecule has 0 N–H and O–H groups in total. The minimum absolute atomic E-state index is 0.0577. The van der Waals surface area contributed by atoms with Crippen LogP contribution >= 0.6 is 27.3 Å². The summed E-state index contributed by atoms with van der Waals surface area (Å²) in [4.78, 5) is 10.2. The molecule has 0 fully saturated rings. The Balaban J connectivity index is 3.19. The summed E-state index contributed by atoms with van der Waals surface area (Å²) in [6.07, 6.45) is -4.00. The van der Waals surface area contributed by atoms with E-state index >= 15 is 0 Å². The number of alkyl halides is 3. The Labute approximate surface area is 78.3 Å². The van der Waals surface area contributed by atoms with E-state index in [0.29, 0.717) is 6.29 Å². The molecular weight excluding hydrogens is 257 g/mol. The van der Waals surface area contributed by atoms with Crippen LogP contribution < -0.4 is 0 Å². The van der Waals surface area contributed by atoms with Crippen LogP contribution in [0.25, 0.3) is 0 Å². The number of hydrogen-bond donors (Lipinski definition) is 0. The quantitative estimate of drug-likeness (QED) is 0.707. The molecule has 0 spiro atoms. The van der Waals surface area contributed by atoms with E-state index in [-0.39, 0.29) is 9.35 Å². The van der Waals surface area contributed by atoms with E-state index < -0.39 is 11.7 Å². The van der Waals surface area contributed by atoms with E-state index in [1.807, 2.05) is 0 Å². The highest BCUT2D eigenvalue weighted by Gasteiger charge is 2.34. The van der Waals surface area contributed by atoms with Crippen LogP contribution in [0.1, 0.15) is 15.2 Å². The van der Waals surface area contributed by atoms with E-state index in [9.17, 15) is 18.0 Å². The minimum atomic E-state index is -4.39. The molecule has 0 radical (unpaired) electrons. The molecule has 1 heterocycles. The van der Waals surface area contributed by atoms with Gasteiger partial charge in [0.2, 0.25) is 0 Å². The maximum atomic E-state index is 12.1. The molecule has 0 saturated carbocycles. The van der Waals surface area contributed by atoms with E-state index in [1.54, 1.807) is 0 Å². The predicted molar refractivity (Wildman–Crippen MR) is 42.4 cm³/mol. The lowest BCUT2D eigenvalue weighted by Gasteiger charge is -2.03. The zero-order valence-electron chi connectivity index (χ0n) is 5.48. The number of rotatable bonds is 1. The van der Waals surface area contributed by atoms with Gasteiger partial charge in [0.05, 0.1) is 14.9 Å². The molecule has 66 valence electrons.